The van der Waals surface area contributed by atoms with Gasteiger partial charge in [-0.25, -0.2) is 4.98 Å². The number of hydrogen-bond acceptors (Lipinski definition) is 7. The molecular weight excluding hydrogens is 448 g/mol. The van der Waals surface area contributed by atoms with Crippen LogP contribution < -0.4 is 10.6 Å². The van der Waals surface area contributed by atoms with E-state index in [0.717, 1.165) is 43.9 Å². The Balaban J connectivity index is 1.21. The highest BCUT2D eigenvalue weighted by molar-refractivity contribution is 5.90. The molecule has 35 heavy (non-hydrogen) atoms. The summed E-state index contributed by atoms with van der Waals surface area (Å²) in [6.45, 7) is 2.81. The lowest BCUT2D eigenvalue weighted by atomic mass is 10.0. The van der Waals surface area contributed by atoms with Crippen LogP contribution in [0.4, 0.5) is 5.82 Å². The number of anilines is 1. The zero-order valence-electron chi connectivity index (χ0n) is 19.5. The number of hydrogen-bond donors (Lipinski definition) is 3. The van der Waals surface area contributed by atoms with Crippen LogP contribution in [0.3, 0.4) is 0 Å². The number of nitrogens with one attached hydrogen (secondary N) is 2. The highest BCUT2D eigenvalue weighted by Crippen LogP contribution is 2.33. The first-order chi connectivity index (χ1) is 17.0. The molecule has 2 aromatic rings. The van der Waals surface area contributed by atoms with Crippen LogP contribution in [0.25, 0.3) is 0 Å². The SMILES string of the molecule is O=C(O)C[C@H](NC(=O)CN1CC2CCN(Cc3ccc4c(n3)NCCC4)C2C1=O)c1cccnc1. The van der Waals surface area contributed by atoms with E-state index in [1.54, 1.807) is 29.4 Å². The van der Waals surface area contributed by atoms with Crippen molar-refractivity contribution in [3.63, 3.8) is 0 Å². The van der Waals surface area contributed by atoms with E-state index in [4.69, 9.17) is 4.98 Å². The van der Waals surface area contributed by atoms with Crippen LogP contribution in [0.1, 0.15) is 42.1 Å². The number of aliphatic carboxylic acids is 1. The Morgan fingerprint density at radius 1 is 1.29 bits per heavy atom. The molecule has 2 fully saturated rings. The van der Waals surface area contributed by atoms with Gasteiger partial charge in [0.1, 0.15) is 5.82 Å². The third kappa shape index (κ3) is 5.12. The van der Waals surface area contributed by atoms with E-state index in [0.29, 0.717) is 18.7 Å². The van der Waals surface area contributed by atoms with Crippen LogP contribution in [0.2, 0.25) is 0 Å². The number of likely N-dealkylation sites (tertiary alicyclic amines) is 2. The minimum Gasteiger partial charge on any atom is -0.481 e. The smallest absolute Gasteiger partial charge is 0.305 e. The molecular formula is C25H30N6O4. The lowest BCUT2D eigenvalue weighted by Crippen LogP contribution is -2.44. The van der Waals surface area contributed by atoms with Crippen LogP contribution in [0.15, 0.2) is 36.7 Å². The van der Waals surface area contributed by atoms with Crippen molar-refractivity contribution in [3.8, 4) is 0 Å². The first kappa shape index (κ1) is 23.2. The zero-order valence-corrected chi connectivity index (χ0v) is 19.5. The number of nitrogens with zero attached hydrogens (tertiary/aromatic N) is 4. The van der Waals surface area contributed by atoms with E-state index in [2.05, 4.69) is 26.6 Å². The molecule has 0 aromatic carbocycles. The molecule has 2 saturated heterocycles. The van der Waals surface area contributed by atoms with Crippen molar-refractivity contribution in [1.29, 1.82) is 0 Å². The molecule has 3 atom stereocenters. The number of pyridine rings is 2. The summed E-state index contributed by atoms with van der Waals surface area (Å²) in [5.74, 6) is -0.311. The fourth-order valence-corrected chi connectivity index (χ4v) is 5.44. The van der Waals surface area contributed by atoms with Crippen LogP contribution >= 0.6 is 0 Å². The lowest BCUT2D eigenvalue weighted by Gasteiger charge is -2.25. The molecule has 3 aliphatic rings. The molecule has 10 heteroatoms. The summed E-state index contributed by atoms with van der Waals surface area (Å²) < 4.78 is 0. The molecule has 0 bridgehead atoms. The Hall–Kier alpha value is -3.53. The summed E-state index contributed by atoms with van der Waals surface area (Å²) in [5.41, 5.74) is 2.79. The van der Waals surface area contributed by atoms with Gasteiger partial charge < -0.3 is 20.6 Å². The molecule has 0 aliphatic carbocycles. The number of fused-ring (bicyclic) bond motifs is 2. The van der Waals surface area contributed by atoms with Gasteiger partial charge in [-0.3, -0.25) is 24.3 Å². The molecule has 0 radical (unpaired) electrons. The predicted molar refractivity (Wildman–Crippen MR) is 127 cm³/mol. The van der Waals surface area contributed by atoms with Gasteiger partial charge in [-0.15, -0.1) is 0 Å². The fourth-order valence-electron chi connectivity index (χ4n) is 5.44. The summed E-state index contributed by atoms with van der Waals surface area (Å²) in [7, 11) is 0. The minimum absolute atomic E-state index is 0.0464. The van der Waals surface area contributed by atoms with E-state index in [9.17, 15) is 19.5 Å². The van der Waals surface area contributed by atoms with E-state index in [1.165, 1.54) is 5.56 Å². The Bertz CT molecular complexity index is 1110. The molecule has 3 aliphatic heterocycles. The highest BCUT2D eigenvalue weighted by atomic mass is 16.4. The lowest BCUT2D eigenvalue weighted by molar-refractivity contribution is -0.139. The predicted octanol–water partition coefficient (Wildman–Crippen LogP) is 1.20. The van der Waals surface area contributed by atoms with Gasteiger partial charge in [0.25, 0.3) is 0 Å². The largest absolute Gasteiger partial charge is 0.481 e. The van der Waals surface area contributed by atoms with E-state index < -0.39 is 12.0 Å². The van der Waals surface area contributed by atoms with Gasteiger partial charge in [-0.05, 0) is 49.1 Å². The quantitative estimate of drug-likeness (QED) is 0.517. The van der Waals surface area contributed by atoms with Crippen LogP contribution in [-0.2, 0) is 27.3 Å². The highest BCUT2D eigenvalue weighted by Gasteiger charge is 2.48. The topological polar surface area (TPSA) is 128 Å². The van der Waals surface area contributed by atoms with E-state index in [1.807, 2.05) is 6.07 Å². The van der Waals surface area contributed by atoms with Crippen LogP contribution in [0, 0.1) is 5.92 Å². The van der Waals surface area contributed by atoms with Gasteiger partial charge in [0.2, 0.25) is 11.8 Å². The zero-order chi connectivity index (χ0) is 24.4. The van der Waals surface area contributed by atoms with Crippen molar-refractivity contribution in [2.45, 2.75) is 44.3 Å². The summed E-state index contributed by atoms with van der Waals surface area (Å²) in [6, 6.07) is 6.65. The maximum absolute atomic E-state index is 13.3. The molecule has 10 nitrogen and oxygen atoms in total. The average molecular weight is 479 g/mol. The van der Waals surface area contributed by atoms with Gasteiger partial charge in [-0.1, -0.05) is 12.1 Å². The monoisotopic (exact) mass is 478 g/mol. The van der Waals surface area contributed by atoms with Crippen molar-refractivity contribution in [3.05, 3.63) is 53.5 Å². The second kappa shape index (κ2) is 9.99. The number of aromatic nitrogens is 2. The second-order valence-electron chi connectivity index (χ2n) is 9.53. The molecule has 3 N–H and O–H groups in total. The van der Waals surface area contributed by atoms with Crippen LogP contribution in [0.5, 0.6) is 0 Å². The van der Waals surface area contributed by atoms with Gasteiger partial charge in [-0.2, -0.15) is 0 Å². The van der Waals surface area contributed by atoms with Crippen molar-refractivity contribution < 1.29 is 19.5 Å². The summed E-state index contributed by atoms with van der Waals surface area (Å²) in [4.78, 5) is 49.9. The molecule has 2 unspecified atom stereocenters. The molecule has 5 heterocycles. The maximum atomic E-state index is 13.3. The van der Waals surface area contributed by atoms with Gasteiger partial charge in [0.15, 0.2) is 0 Å². The molecule has 0 saturated carbocycles. The number of aryl methyl sites for hydroxylation is 1. The third-order valence-corrected chi connectivity index (χ3v) is 7.10. The normalized spacial score (nSPS) is 22.3. The molecule has 5 rings (SSSR count). The number of carbonyl (C=O) groups is 3. The number of carboxylic acid groups (broad SMARTS) is 1. The number of rotatable bonds is 8. The average Bonchev–Trinajstić information content (AvgIpc) is 3.38. The number of carboxylic acids is 1. The fraction of sp³-hybridized carbons (Fsp3) is 0.480. The van der Waals surface area contributed by atoms with Gasteiger partial charge in [0.05, 0.1) is 30.7 Å². The van der Waals surface area contributed by atoms with Crippen molar-refractivity contribution >= 4 is 23.6 Å². The molecule has 2 amide bonds. The van der Waals surface area contributed by atoms with Crippen molar-refractivity contribution in [1.82, 2.24) is 25.1 Å². The Labute approximate surface area is 203 Å². The molecule has 184 valence electrons. The van der Waals surface area contributed by atoms with E-state index >= 15 is 0 Å². The first-order valence-electron chi connectivity index (χ1n) is 12.1. The summed E-state index contributed by atoms with van der Waals surface area (Å²) in [5, 5.41) is 15.4. The Kier molecular flexibility index (Phi) is 6.63. The third-order valence-electron chi connectivity index (χ3n) is 7.10. The summed E-state index contributed by atoms with van der Waals surface area (Å²) in [6.07, 6.45) is 5.92. The number of amides is 2. The molecule has 0 spiro atoms. The van der Waals surface area contributed by atoms with E-state index in [-0.39, 0.29) is 36.7 Å². The van der Waals surface area contributed by atoms with Gasteiger partial charge in [0, 0.05) is 37.9 Å². The first-order valence-corrected chi connectivity index (χ1v) is 12.1. The van der Waals surface area contributed by atoms with Gasteiger partial charge >= 0.3 is 5.97 Å². The maximum Gasteiger partial charge on any atom is 0.305 e. The van der Waals surface area contributed by atoms with Crippen LogP contribution in [-0.4, -0.2) is 74.9 Å². The Morgan fingerprint density at radius 3 is 2.97 bits per heavy atom. The summed E-state index contributed by atoms with van der Waals surface area (Å²) >= 11 is 0. The molecule has 2 aromatic heterocycles. The minimum atomic E-state index is -1.02. The van der Waals surface area contributed by atoms with Crippen molar-refractivity contribution in [2.24, 2.45) is 5.92 Å². The second-order valence-corrected chi connectivity index (χ2v) is 9.53. The number of carbonyl (C=O) groups excluding carboxylic acids is 2. The Morgan fingerprint density at radius 2 is 2.17 bits per heavy atom. The standard InChI is InChI=1S/C25H30N6O4/c32-21(29-20(11-22(33)34)17-4-1-8-26-12-17)15-31-13-18-7-10-30(23(18)25(31)35)14-19-6-5-16-3-2-9-27-24(16)28-19/h1,4-6,8,12,18,20,23H,2-3,7,9-11,13-15H2,(H,27,28)(H,29,32)(H,33,34)/t18?,20-,23?/m0/s1. The van der Waals surface area contributed by atoms with Crippen molar-refractivity contribution in [2.75, 3.05) is 31.5 Å².